The Labute approximate surface area is 153 Å². The van der Waals surface area contributed by atoms with Crippen molar-refractivity contribution in [3.63, 3.8) is 0 Å². The van der Waals surface area contributed by atoms with Crippen LogP contribution in [0.15, 0.2) is 30.9 Å². The highest BCUT2D eigenvalue weighted by Gasteiger charge is 2.41. The van der Waals surface area contributed by atoms with E-state index in [4.69, 9.17) is 23.2 Å². The second kappa shape index (κ2) is 7.40. The summed E-state index contributed by atoms with van der Waals surface area (Å²) in [5.41, 5.74) is -0.341. The molecule has 1 aromatic carbocycles. The van der Waals surface area contributed by atoms with Crippen LogP contribution in [0.2, 0.25) is 10.0 Å². The molecule has 7 heteroatoms. The van der Waals surface area contributed by atoms with Crippen molar-refractivity contribution < 1.29 is 5.11 Å². The highest BCUT2D eigenvalue weighted by molar-refractivity contribution is 6.35. The zero-order valence-electron chi connectivity index (χ0n) is 14.5. The van der Waals surface area contributed by atoms with E-state index in [1.165, 1.54) is 6.33 Å². The summed E-state index contributed by atoms with van der Waals surface area (Å²) in [5, 5.41) is 16.7. The standard InChI is InChI=1S/C17H24Cl2N4O/c1-16(2,3)17(24,10-23-12-20-11-21-23)9-22(4)8-13-5-6-14(18)7-15(13)19/h5-7,11-12,24H,8-10H2,1-4H3. The van der Waals surface area contributed by atoms with Gasteiger partial charge in [0.25, 0.3) is 0 Å². The third-order valence-electron chi connectivity index (χ3n) is 4.27. The van der Waals surface area contributed by atoms with E-state index < -0.39 is 5.60 Å². The Balaban J connectivity index is 2.13. The minimum atomic E-state index is -0.978. The summed E-state index contributed by atoms with van der Waals surface area (Å²) in [5.74, 6) is 0. The normalized spacial score (nSPS) is 14.8. The summed E-state index contributed by atoms with van der Waals surface area (Å²) in [7, 11) is 1.96. The molecule has 0 bridgehead atoms. The van der Waals surface area contributed by atoms with E-state index in [0.717, 1.165) is 5.56 Å². The third kappa shape index (κ3) is 4.70. The van der Waals surface area contributed by atoms with Crippen LogP contribution in [-0.2, 0) is 13.1 Å². The molecule has 0 radical (unpaired) electrons. The molecule has 1 heterocycles. The van der Waals surface area contributed by atoms with Gasteiger partial charge in [-0.05, 0) is 30.2 Å². The molecule has 132 valence electrons. The van der Waals surface area contributed by atoms with Crippen LogP contribution in [0.1, 0.15) is 26.3 Å². The summed E-state index contributed by atoms with van der Waals surface area (Å²) in [4.78, 5) is 6.01. The van der Waals surface area contributed by atoms with E-state index in [0.29, 0.717) is 29.7 Å². The first-order valence-corrected chi connectivity index (χ1v) is 8.53. The van der Waals surface area contributed by atoms with Gasteiger partial charge in [-0.15, -0.1) is 0 Å². The van der Waals surface area contributed by atoms with Crippen LogP contribution in [0.5, 0.6) is 0 Å². The van der Waals surface area contributed by atoms with Crippen LogP contribution in [0, 0.1) is 5.41 Å². The van der Waals surface area contributed by atoms with Crippen molar-refractivity contribution in [3.05, 3.63) is 46.5 Å². The summed E-state index contributed by atoms with van der Waals surface area (Å²) >= 11 is 12.2. The molecule has 1 aromatic heterocycles. The van der Waals surface area contributed by atoms with Gasteiger partial charge >= 0.3 is 0 Å². The highest BCUT2D eigenvalue weighted by atomic mass is 35.5. The number of halogens is 2. The lowest BCUT2D eigenvalue weighted by Gasteiger charge is -2.42. The first kappa shape index (κ1) is 19.2. The number of likely N-dealkylation sites (N-methyl/N-ethyl adjacent to an activating group) is 1. The Hall–Kier alpha value is -1.14. The summed E-state index contributed by atoms with van der Waals surface area (Å²) < 4.78 is 1.66. The van der Waals surface area contributed by atoms with Crippen LogP contribution >= 0.6 is 23.2 Å². The van der Waals surface area contributed by atoms with Gasteiger partial charge in [0.1, 0.15) is 18.3 Å². The molecular formula is C17H24Cl2N4O. The minimum Gasteiger partial charge on any atom is -0.386 e. The maximum absolute atomic E-state index is 11.3. The average molecular weight is 371 g/mol. The Bertz CT molecular complexity index is 670. The quantitative estimate of drug-likeness (QED) is 0.845. The van der Waals surface area contributed by atoms with E-state index in [1.54, 1.807) is 17.1 Å². The van der Waals surface area contributed by atoms with Gasteiger partial charge in [-0.3, -0.25) is 9.58 Å². The smallest absolute Gasteiger partial charge is 0.137 e. The molecule has 24 heavy (non-hydrogen) atoms. The highest BCUT2D eigenvalue weighted by Crippen LogP contribution is 2.33. The van der Waals surface area contributed by atoms with Crippen LogP contribution in [-0.4, -0.2) is 44.0 Å². The number of nitrogens with zero attached hydrogens (tertiary/aromatic N) is 4. The molecule has 0 aliphatic rings. The molecule has 1 unspecified atom stereocenters. The van der Waals surface area contributed by atoms with Crippen LogP contribution < -0.4 is 0 Å². The molecule has 0 aliphatic heterocycles. The first-order chi connectivity index (χ1) is 11.1. The van der Waals surface area contributed by atoms with Crippen molar-refractivity contribution in [2.45, 2.75) is 39.5 Å². The predicted molar refractivity (Wildman–Crippen MR) is 97.2 cm³/mol. The summed E-state index contributed by atoms with van der Waals surface area (Å²) in [6.45, 7) is 7.52. The fourth-order valence-electron chi connectivity index (χ4n) is 2.55. The molecule has 2 aromatic rings. The molecule has 0 aliphatic carbocycles. The topological polar surface area (TPSA) is 54.2 Å². The van der Waals surface area contributed by atoms with Gasteiger partial charge in [0.15, 0.2) is 0 Å². The van der Waals surface area contributed by atoms with Gasteiger partial charge in [-0.1, -0.05) is 50.0 Å². The summed E-state index contributed by atoms with van der Waals surface area (Å²) in [6, 6.07) is 5.47. The third-order valence-corrected chi connectivity index (χ3v) is 4.86. The lowest BCUT2D eigenvalue weighted by molar-refractivity contribution is -0.0918. The van der Waals surface area contributed by atoms with Crippen molar-refractivity contribution >= 4 is 23.2 Å². The Morgan fingerprint density at radius 3 is 2.50 bits per heavy atom. The Morgan fingerprint density at radius 1 is 1.25 bits per heavy atom. The molecular weight excluding hydrogens is 347 g/mol. The molecule has 2 rings (SSSR count). The predicted octanol–water partition coefficient (Wildman–Crippen LogP) is 3.49. The maximum atomic E-state index is 11.3. The van der Waals surface area contributed by atoms with Gasteiger partial charge in [-0.25, -0.2) is 4.98 Å². The van der Waals surface area contributed by atoms with Crippen molar-refractivity contribution in [3.8, 4) is 0 Å². The van der Waals surface area contributed by atoms with E-state index in [9.17, 15) is 5.11 Å². The average Bonchev–Trinajstić information content (AvgIpc) is 2.93. The Kier molecular flexibility index (Phi) is 5.91. The van der Waals surface area contributed by atoms with Crippen LogP contribution in [0.4, 0.5) is 0 Å². The van der Waals surface area contributed by atoms with Crippen molar-refractivity contribution in [2.75, 3.05) is 13.6 Å². The van der Waals surface area contributed by atoms with Crippen molar-refractivity contribution in [1.29, 1.82) is 0 Å². The lowest BCUT2D eigenvalue weighted by atomic mass is 9.76. The number of hydrogen-bond acceptors (Lipinski definition) is 4. The van der Waals surface area contributed by atoms with E-state index in [2.05, 4.69) is 15.0 Å². The monoisotopic (exact) mass is 370 g/mol. The van der Waals surface area contributed by atoms with Gasteiger partial charge in [-0.2, -0.15) is 5.10 Å². The van der Waals surface area contributed by atoms with E-state index >= 15 is 0 Å². The van der Waals surface area contributed by atoms with E-state index in [-0.39, 0.29) is 5.41 Å². The van der Waals surface area contributed by atoms with Gasteiger partial charge in [0, 0.05) is 23.1 Å². The first-order valence-electron chi connectivity index (χ1n) is 7.78. The molecule has 0 spiro atoms. The second-order valence-corrected chi connectivity index (χ2v) is 8.13. The van der Waals surface area contributed by atoms with E-state index in [1.807, 2.05) is 40.0 Å². The van der Waals surface area contributed by atoms with Gasteiger partial charge in [0.2, 0.25) is 0 Å². The SMILES string of the molecule is CN(Cc1ccc(Cl)cc1Cl)CC(O)(Cn1cncn1)C(C)(C)C. The van der Waals surface area contributed by atoms with Gasteiger partial charge < -0.3 is 5.11 Å². The largest absolute Gasteiger partial charge is 0.386 e. The van der Waals surface area contributed by atoms with Crippen LogP contribution in [0.25, 0.3) is 0 Å². The molecule has 1 N–H and O–H groups in total. The number of benzene rings is 1. The zero-order valence-corrected chi connectivity index (χ0v) is 16.0. The Morgan fingerprint density at radius 2 is 1.96 bits per heavy atom. The summed E-state index contributed by atoms with van der Waals surface area (Å²) in [6.07, 6.45) is 3.09. The fourth-order valence-corrected chi connectivity index (χ4v) is 3.02. The van der Waals surface area contributed by atoms with Gasteiger partial charge in [0.05, 0.1) is 6.54 Å². The maximum Gasteiger partial charge on any atom is 0.137 e. The van der Waals surface area contributed by atoms with Crippen molar-refractivity contribution in [1.82, 2.24) is 19.7 Å². The molecule has 5 nitrogen and oxygen atoms in total. The molecule has 1 atom stereocenters. The number of rotatable bonds is 6. The number of hydrogen-bond donors (Lipinski definition) is 1. The lowest BCUT2D eigenvalue weighted by Crippen LogP contribution is -2.53. The molecule has 0 saturated carbocycles. The second-order valence-electron chi connectivity index (χ2n) is 7.28. The molecule has 0 fully saturated rings. The van der Waals surface area contributed by atoms with Crippen LogP contribution in [0.3, 0.4) is 0 Å². The fraction of sp³-hybridized carbons (Fsp3) is 0.529. The number of aliphatic hydroxyl groups is 1. The van der Waals surface area contributed by atoms with Crippen molar-refractivity contribution in [2.24, 2.45) is 5.41 Å². The molecule has 0 saturated heterocycles. The number of aromatic nitrogens is 3. The molecule has 0 amide bonds. The zero-order chi connectivity index (χ0) is 18.0. The minimum absolute atomic E-state index is 0.336.